The van der Waals surface area contributed by atoms with Gasteiger partial charge in [0.2, 0.25) is 0 Å². The zero-order valence-electron chi connectivity index (χ0n) is 8.84. The van der Waals surface area contributed by atoms with Gasteiger partial charge in [-0.05, 0) is 36.7 Å². The summed E-state index contributed by atoms with van der Waals surface area (Å²) in [5, 5.41) is 0.993. The van der Waals surface area contributed by atoms with E-state index in [1.54, 1.807) is 24.2 Å². The number of nitrogens with two attached hydrogens (primary N) is 1. The Hall–Kier alpha value is -1.39. The second-order valence-corrected chi connectivity index (χ2v) is 4.42. The number of hydrogen-bond acceptors (Lipinski definition) is 4. The average Bonchev–Trinajstić information content (AvgIpc) is 2.33. The lowest BCUT2D eigenvalue weighted by Crippen LogP contribution is -2.02. The molecule has 0 aliphatic rings. The van der Waals surface area contributed by atoms with Crippen LogP contribution >= 0.6 is 11.8 Å². The fraction of sp³-hybridized carbons (Fsp3) is 0.167. The fourth-order valence-corrected chi connectivity index (χ4v) is 2.05. The van der Waals surface area contributed by atoms with Gasteiger partial charge in [-0.25, -0.2) is 4.98 Å². The van der Waals surface area contributed by atoms with E-state index in [1.165, 1.54) is 5.56 Å². The summed E-state index contributed by atoms with van der Waals surface area (Å²) in [6, 6.07) is 8.04. The van der Waals surface area contributed by atoms with E-state index in [0.29, 0.717) is 6.54 Å². The van der Waals surface area contributed by atoms with E-state index in [0.717, 1.165) is 16.3 Å². The fourth-order valence-electron chi connectivity index (χ4n) is 1.31. The van der Waals surface area contributed by atoms with Crippen LogP contribution in [0, 0.1) is 0 Å². The molecule has 0 amide bonds. The summed E-state index contributed by atoms with van der Waals surface area (Å²) in [5.74, 6) is 0. The van der Waals surface area contributed by atoms with Crippen molar-refractivity contribution in [3.8, 4) is 0 Å². The first-order chi connectivity index (χ1) is 7.88. The first kappa shape index (κ1) is 11.1. The Morgan fingerprint density at radius 3 is 2.56 bits per heavy atom. The first-order valence-electron chi connectivity index (χ1n) is 5.11. The molecule has 3 nitrogen and oxygen atoms in total. The summed E-state index contributed by atoms with van der Waals surface area (Å²) in [6.45, 7) is 0.665. The smallest absolute Gasteiger partial charge is 0.101 e. The number of nitrogens with zero attached hydrogens (tertiary/aromatic N) is 2. The van der Waals surface area contributed by atoms with Gasteiger partial charge in [-0.2, -0.15) is 0 Å². The lowest BCUT2D eigenvalue weighted by molar-refractivity contribution is 0.945. The predicted molar refractivity (Wildman–Crippen MR) is 65.4 cm³/mol. The molecule has 0 unspecified atom stereocenters. The van der Waals surface area contributed by atoms with Crippen LogP contribution in [0.25, 0.3) is 0 Å². The molecule has 2 heterocycles. The predicted octanol–water partition coefficient (Wildman–Crippen LogP) is 2.13. The van der Waals surface area contributed by atoms with Gasteiger partial charge in [0.25, 0.3) is 0 Å². The topological polar surface area (TPSA) is 51.8 Å². The van der Waals surface area contributed by atoms with Crippen LogP contribution < -0.4 is 5.73 Å². The Morgan fingerprint density at radius 1 is 1.12 bits per heavy atom. The zero-order valence-corrected chi connectivity index (χ0v) is 9.65. The van der Waals surface area contributed by atoms with Gasteiger partial charge in [-0.15, -0.1) is 0 Å². The van der Waals surface area contributed by atoms with Crippen LogP contribution in [0.1, 0.15) is 5.56 Å². The van der Waals surface area contributed by atoms with Crippen molar-refractivity contribution in [1.82, 2.24) is 9.97 Å². The maximum absolute atomic E-state index is 5.48. The van der Waals surface area contributed by atoms with Gasteiger partial charge in [0, 0.05) is 23.5 Å². The number of rotatable bonds is 4. The highest BCUT2D eigenvalue weighted by molar-refractivity contribution is 7.99. The van der Waals surface area contributed by atoms with Gasteiger partial charge >= 0.3 is 0 Å². The normalized spacial score (nSPS) is 10.3. The van der Waals surface area contributed by atoms with Crippen LogP contribution in [0.15, 0.2) is 52.8 Å². The van der Waals surface area contributed by atoms with E-state index in [1.807, 2.05) is 24.4 Å². The molecular weight excluding hydrogens is 218 g/mol. The van der Waals surface area contributed by atoms with Crippen molar-refractivity contribution in [2.24, 2.45) is 5.73 Å². The molecule has 2 aromatic heterocycles. The van der Waals surface area contributed by atoms with Crippen LogP contribution in [0.2, 0.25) is 0 Å². The minimum atomic E-state index is 0.665. The van der Waals surface area contributed by atoms with E-state index in [2.05, 4.69) is 16.0 Å². The van der Waals surface area contributed by atoms with Crippen molar-refractivity contribution in [3.05, 3.63) is 48.4 Å². The van der Waals surface area contributed by atoms with Crippen molar-refractivity contribution in [2.45, 2.75) is 16.3 Å². The maximum atomic E-state index is 5.48. The van der Waals surface area contributed by atoms with E-state index in [9.17, 15) is 0 Å². The number of pyridine rings is 2. The summed E-state index contributed by atoms with van der Waals surface area (Å²) >= 11 is 1.63. The Bertz CT molecular complexity index is 428. The van der Waals surface area contributed by atoms with E-state index >= 15 is 0 Å². The van der Waals surface area contributed by atoms with E-state index in [-0.39, 0.29) is 0 Å². The molecule has 4 heteroatoms. The van der Waals surface area contributed by atoms with Crippen LogP contribution in [-0.4, -0.2) is 16.5 Å². The second-order valence-electron chi connectivity index (χ2n) is 3.33. The molecule has 16 heavy (non-hydrogen) atoms. The molecule has 0 spiro atoms. The largest absolute Gasteiger partial charge is 0.330 e. The standard InChI is InChI=1S/C12H13N3S/c13-6-3-10-1-2-12(15-9-10)16-11-4-7-14-8-5-11/h1-2,4-5,7-9H,3,6,13H2. The summed E-state index contributed by atoms with van der Waals surface area (Å²) < 4.78 is 0. The molecule has 0 saturated heterocycles. The first-order valence-corrected chi connectivity index (χ1v) is 5.93. The summed E-state index contributed by atoms with van der Waals surface area (Å²) in [7, 11) is 0. The molecule has 0 atom stereocenters. The minimum absolute atomic E-state index is 0.665. The summed E-state index contributed by atoms with van der Waals surface area (Å²) in [4.78, 5) is 9.50. The lowest BCUT2D eigenvalue weighted by Gasteiger charge is -2.02. The third-order valence-electron chi connectivity index (χ3n) is 2.10. The molecule has 0 aromatic carbocycles. The lowest BCUT2D eigenvalue weighted by atomic mass is 10.2. The van der Waals surface area contributed by atoms with Crippen LogP contribution in [-0.2, 0) is 6.42 Å². The Morgan fingerprint density at radius 2 is 1.94 bits per heavy atom. The molecular formula is C12H13N3S. The second kappa shape index (κ2) is 5.63. The maximum Gasteiger partial charge on any atom is 0.101 e. The van der Waals surface area contributed by atoms with Crippen molar-refractivity contribution >= 4 is 11.8 Å². The molecule has 0 bridgehead atoms. The van der Waals surface area contributed by atoms with Crippen molar-refractivity contribution in [2.75, 3.05) is 6.54 Å². The molecule has 2 rings (SSSR count). The zero-order chi connectivity index (χ0) is 11.2. The van der Waals surface area contributed by atoms with Crippen LogP contribution in [0.5, 0.6) is 0 Å². The van der Waals surface area contributed by atoms with Crippen molar-refractivity contribution in [1.29, 1.82) is 0 Å². The van der Waals surface area contributed by atoms with Crippen molar-refractivity contribution < 1.29 is 0 Å². The third-order valence-corrected chi connectivity index (χ3v) is 3.06. The quantitative estimate of drug-likeness (QED) is 0.875. The van der Waals surface area contributed by atoms with Crippen LogP contribution in [0.3, 0.4) is 0 Å². The Kier molecular flexibility index (Phi) is 3.91. The van der Waals surface area contributed by atoms with Gasteiger partial charge in [0.1, 0.15) is 5.03 Å². The van der Waals surface area contributed by atoms with E-state index in [4.69, 9.17) is 5.73 Å². The summed E-state index contributed by atoms with van der Waals surface area (Å²) in [6.07, 6.45) is 6.33. The highest BCUT2D eigenvalue weighted by Crippen LogP contribution is 2.24. The third kappa shape index (κ3) is 3.05. The molecule has 2 aromatic rings. The van der Waals surface area contributed by atoms with Gasteiger partial charge in [-0.1, -0.05) is 17.8 Å². The Labute approximate surface area is 99.1 Å². The molecule has 2 N–H and O–H groups in total. The minimum Gasteiger partial charge on any atom is -0.330 e. The Balaban J connectivity index is 2.05. The van der Waals surface area contributed by atoms with Gasteiger partial charge < -0.3 is 5.73 Å². The molecule has 0 fully saturated rings. The van der Waals surface area contributed by atoms with Gasteiger partial charge in [-0.3, -0.25) is 4.98 Å². The van der Waals surface area contributed by atoms with Crippen molar-refractivity contribution in [3.63, 3.8) is 0 Å². The molecule has 82 valence electrons. The highest BCUT2D eigenvalue weighted by atomic mass is 32.2. The number of aromatic nitrogens is 2. The number of hydrogen-bond donors (Lipinski definition) is 1. The van der Waals surface area contributed by atoms with Crippen LogP contribution in [0.4, 0.5) is 0 Å². The molecule has 0 radical (unpaired) electrons. The molecule has 0 aliphatic carbocycles. The van der Waals surface area contributed by atoms with Gasteiger partial charge in [0.05, 0.1) is 0 Å². The monoisotopic (exact) mass is 231 g/mol. The summed E-state index contributed by atoms with van der Waals surface area (Å²) in [5.41, 5.74) is 6.66. The molecule has 0 saturated carbocycles. The molecule has 0 aliphatic heterocycles. The van der Waals surface area contributed by atoms with E-state index < -0.39 is 0 Å². The average molecular weight is 231 g/mol. The SMILES string of the molecule is NCCc1ccc(Sc2ccncc2)nc1. The van der Waals surface area contributed by atoms with Gasteiger partial charge in [0.15, 0.2) is 0 Å². The highest BCUT2D eigenvalue weighted by Gasteiger charge is 1.98.